The second-order valence-corrected chi connectivity index (χ2v) is 8.49. The molecule has 21 heavy (non-hydrogen) atoms. The van der Waals surface area contributed by atoms with Crippen molar-refractivity contribution in [2.45, 2.75) is 58.5 Å². The molecule has 0 aliphatic heterocycles. The number of nitrogens with zero attached hydrogens (tertiary/aromatic N) is 1. The molecule has 2 aromatic rings. The summed E-state index contributed by atoms with van der Waals surface area (Å²) in [7, 11) is 0. The zero-order valence-corrected chi connectivity index (χ0v) is 14.7. The summed E-state index contributed by atoms with van der Waals surface area (Å²) >= 11 is 3.69. The van der Waals surface area contributed by atoms with Gasteiger partial charge in [-0.05, 0) is 51.0 Å². The first-order chi connectivity index (χ1) is 10.1. The highest BCUT2D eigenvalue weighted by atomic mass is 32.1. The molecule has 4 heteroatoms. The molecule has 2 heterocycles. The molecule has 0 amide bonds. The van der Waals surface area contributed by atoms with Gasteiger partial charge in [0.2, 0.25) is 0 Å². The minimum absolute atomic E-state index is 0.322. The van der Waals surface area contributed by atoms with Gasteiger partial charge in [0.15, 0.2) is 0 Å². The van der Waals surface area contributed by atoms with E-state index in [-0.39, 0.29) is 0 Å². The summed E-state index contributed by atoms with van der Waals surface area (Å²) in [4.78, 5) is 7.57. The first kappa shape index (κ1) is 15.2. The molecular weight excluding hydrogens is 296 g/mol. The molecule has 1 saturated carbocycles. The van der Waals surface area contributed by atoms with Crippen molar-refractivity contribution in [1.29, 1.82) is 0 Å². The lowest BCUT2D eigenvalue weighted by Gasteiger charge is -2.27. The largest absolute Gasteiger partial charge is 0.301 e. The number of nitrogens with one attached hydrogen (secondary N) is 1. The average Bonchev–Trinajstić information content (AvgIpc) is 3.17. The highest BCUT2D eigenvalue weighted by molar-refractivity contribution is 7.11. The molecular formula is C17H24N2S2. The molecule has 114 valence electrons. The fourth-order valence-corrected chi connectivity index (χ4v) is 5.30. The van der Waals surface area contributed by atoms with Gasteiger partial charge in [-0.25, -0.2) is 4.98 Å². The Labute approximate surface area is 135 Å². The Bertz CT molecular complexity index is 568. The van der Waals surface area contributed by atoms with Gasteiger partial charge in [0.1, 0.15) is 0 Å². The summed E-state index contributed by atoms with van der Waals surface area (Å²) in [5, 5.41) is 7.25. The van der Waals surface area contributed by atoms with Crippen LogP contribution in [0.2, 0.25) is 0 Å². The lowest BCUT2D eigenvalue weighted by molar-refractivity contribution is 0.340. The number of rotatable bonds is 5. The molecule has 2 nitrogen and oxygen atoms in total. The van der Waals surface area contributed by atoms with Crippen LogP contribution in [-0.4, -0.2) is 4.98 Å². The lowest BCUT2D eigenvalue weighted by atomic mass is 9.95. The van der Waals surface area contributed by atoms with E-state index in [1.54, 1.807) is 11.3 Å². The zero-order chi connectivity index (χ0) is 14.8. The topological polar surface area (TPSA) is 24.9 Å². The van der Waals surface area contributed by atoms with Crippen LogP contribution in [-0.2, 0) is 0 Å². The minimum Gasteiger partial charge on any atom is -0.301 e. The van der Waals surface area contributed by atoms with Crippen LogP contribution < -0.4 is 5.32 Å². The van der Waals surface area contributed by atoms with Crippen molar-refractivity contribution >= 4 is 22.7 Å². The predicted molar refractivity (Wildman–Crippen MR) is 92.2 cm³/mol. The molecule has 3 rings (SSSR count). The summed E-state index contributed by atoms with van der Waals surface area (Å²) < 4.78 is 0. The predicted octanol–water partition coefficient (Wildman–Crippen LogP) is 5.40. The Morgan fingerprint density at radius 1 is 1.29 bits per heavy atom. The van der Waals surface area contributed by atoms with Crippen LogP contribution in [0, 0.1) is 19.8 Å². The first-order valence-corrected chi connectivity index (χ1v) is 9.58. The summed E-state index contributed by atoms with van der Waals surface area (Å²) in [5.74, 6) is 0.783. The van der Waals surface area contributed by atoms with Gasteiger partial charge < -0.3 is 5.32 Å². The number of aromatic nitrogens is 1. The number of thiophene rings is 1. The van der Waals surface area contributed by atoms with Crippen molar-refractivity contribution in [1.82, 2.24) is 10.3 Å². The Morgan fingerprint density at radius 3 is 2.62 bits per heavy atom. The quantitative estimate of drug-likeness (QED) is 0.797. The number of thiazole rings is 1. The smallest absolute Gasteiger partial charge is 0.0900 e. The molecule has 2 aromatic heterocycles. The van der Waals surface area contributed by atoms with E-state index in [0.717, 1.165) is 5.92 Å². The fraction of sp³-hybridized carbons (Fsp3) is 0.588. The van der Waals surface area contributed by atoms with E-state index in [0.29, 0.717) is 12.1 Å². The molecule has 0 radical (unpaired) electrons. The van der Waals surface area contributed by atoms with E-state index >= 15 is 0 Å². The summed E-state index contributed by atoms with van der Waals surface area (Å²) in [6.07, 6.45) is 5.49. The van der Waals surface area contributed by atoms with E-state index in [2.05, 4.69) is 43.6 Å². The van der Waals surface area contributed by atoms with Crippen molar-refractivity contribution in [3.8, 4) is 0 Å². The summed E-state index contributed by atoms with van der Waals surface area (Å²) in [6, 6.07) is 5.27. The SMILES string of the molecule is Cc1nc(C(C)NC(c2cccs2)C2CCCC2)c(C)s1. The monoisotopic (exact) mass is 320 g/mol. The molecule has 1 N–H and O–H groups in total. The van der Waals surface area contributed by atoms with Crippen molar-refractivity contribution in [3.63, 3.8) is 0 Å². The van der Waals surface area contributed by atoms with E-state index in [4.69, 9.17) is 4.98 Å². The maximum absolute atomic E-state index is 4.73. The van der Waals surface area contributed by atoms with Crippen LogP contribution in [0.15, 0.2) is 17.5 Å². The third-order valence-corrected chi connectivity index (χ3v) is 6.36. The van der Waals surface area contributed by atoms with Crippen molar-refractivity contribution in [2.24, 2.45) is 5.92 Å². The zero-order valence-electron chi connectivity index (χ0n) is 13.1. The maximum Gasteiger partial charge on any atom is 0.0900 e. The number of hydrogen-bond donors (Lipinski definition) is 1. The van der Waals surface area contributed by atoms with Crippen molar-refractivity contribution in [3.05, 3.63) is 38.0 Å². The van der Waals surface area contributed by atoms with Gasteiger partial charge in [0.25, 0.3) is 0 Å². The Kier molecular flexibility index (Phi) is 4.77. The van der Waals surface area contributed by atoms with Gasteiger partial charge in [0, 0.05) is 21.8 Å². The Morgan fingerprint density at radius 2 is 2.05 bits per heavy atom. The number of hydrogen-bond acceptors (Lipinski definition) is 4. The van der Waals surface area contributed by atoms with Gasteiger partial charge in [-0.3, -0.25) is 0 Å². The highest BCUT2D eigenvalue weighted by Crippen LogP contribution is 2.39. The van der Waals surface area contributed by atoms with Gasteiger partial charge in [-0.1, -0.05) is 18.9 Å². The van der Waals surface area contributed by atoms with Crippen LogP contribution in [0.25, 0.3) is 0 Å². The molecule has 0 bridgehead atoms. The van der Waals surface area contributed by atoms with Gasteiger partial charge >= 0.3 is 0 Å². The standard InChI is InChI=1S/C17H24N2S2/c1-11(16-12(2)21-13(3)19-16)18-17(14-7-4-5-8-14)15-9-6-10-20-15/h6,9-11,14,17-18H,4-5,7-8H2,1-3H3. The van der Waals surface area contributed by atoms with E-state index in [1.807, 2.05) is 11.3 Å². The first-order valence-electron chi connectivity index (χ1n) is 7.88. The molecule has 0 aromatic carbocycles. The summed E-state index contributed by atoms with van der Waals surface area (Å²) in [5.41, 5.74) is 1.23. The van der Waals surface area contributed by atoms with Crippen molar-refractivity contribution in [2.75, 3.05) is 0 Å². The summed E-state index contributed by atoms with van der Waals surface area (Å²) in [6.45, 7) is 6.55. The van der Waals surface area contributed by atoms with Crippen LogP contribution in [0.3, 0.4) is 0 Å². The van der Waals surface area contributed by atoms with Gasteiger partial charge in [-0.15, -0.1) is 22.7 Å². The molecule has 1 aliphatic carbocycles. The van der Waals surface area contributed by atoms with E-state index in [1.165, 1.54) is 46.1 Å². The van der Waals surface area contributed by atoms with Crippen LogP contribution in [0.5, 0.6) is 0 Å². The Balaban J connectivity index is 1.79. The maximum atomic E-state index is 4.73. The number of aryl methyl sites for hydroxylation is 2. The van der Waals surface area contributed by atoms with Gasteiger partial charge in [-0.2, -0.15) is 0 Å². The fourth-order valence-electron chi connectivity index (χ4n) is 3.50. The Hall–Kier alpha value is -0.710. The second kappa shape index (κ2) is 6.59. The third-order valence-electron chi connectivity index (χ3n) is 4.50. The third kappa shape index (κ3) is 3.38. The molecule has 2 unspecified atom stereocenters. The molecule has 0 spiro atoms. The van der Waals surface area contributed by atoms with E-state index in [9.17, 15) is 0 Å². The van der Waals surface area contributed by atoms with Crippen LogP contribution in [0.4, 0.5) is 0 Å². The molecule has 1 fully saturated rings. The molecule has 0 saturated heterocycles. The van der Waals surface area contributed by atoms with E-state index < -0.39 is 0 Å². The average molecular weight is 321 g/mol. The van der Waals surface area contributed by atoms with Crippen LogP contribution in [0.1, 0.15) is 65.1 Å². The van der Waals surface area contributed by atoms with Crippen LogP contribution >= 0.6 is 22.7 Å². The van der Waals surface area contributed by atoms with Gasteiger partial charge in [0.05, 0.1) is 10.7 Å². The second-order valence-electron chi connectivity index (χ2n) is 6.10. The van der Waals surface area contributed by atoms with Crippen molar-refractivity contribution < 1.29 is 0 Å². The lowest BCUT2D eigenvalue weighted by Crippen LogP contribution is -2.29. The normalized spacial score (nSPS) is 19.0. The molecule has 2 atom stereocenters. The minimum atomic E-state index is 0.322. The molecule has 1 aliphatic rings. The highest BCUT2D eigenvalue weighted by Gasteiger charge is 2.29.